The van der Waals surface area contributed by atoms with E-state index < -0.39 is 0 Å². The fraction of sp³-hybridized carbons (Fsp3) is 0.773. The highest BCUT2D eigenvalue weighted by atomic mass is 16.1. The van der Waals surface area contributed by atoms with E-state index in [9.17, 15) is 4.79 Å². The number of hydrogen-bond donors (Lipinski definition) is 0. The van der Waals surface area contributed by atoms with Crippen LogP contribution < -0.4 is 4.90 Å². The smallest absolute Gasteiger partial charge is 0.226 e. The Labute approximate surface area is 163 Å². The lowest BCUT2D eigenvalue weighted by molar-refractivity contribution is -0.121. The Morgan fingerprint density at radius 3 is 2.22 bits per heavy atom. The largest absolute Gasteiger partial charge is 0.332 e. The Morgan fingerprint density at radius 1 is 1.07 bits per heavy atom. The number of anilines is 1. The van der Waals surface area contributed by atoms with E-state index in [-0.39, 0.29) is 5.92 Å². The normalized spacial score (nSPS) is 31.5. The van der Waals surface area contributed by atoms with Crippen molar-refractivity contribution >= 4 is 11.7 Å². The summed E-state index contributed by atoms with van der Waals surface area (Å²) in [6, 6.07) is 1.73. The molecule has 1 saturated carbocycles. The van der Waals surface area contributed by atoms with Crippen LogP contribution in [0.1, 0.15) is 76.5 Å². The van der Waals surface area contributed by atoms with Crippen molar-refractivity contribution in [3.05, 3.63) is 17.5 Å². The average Bonchev–Trinajstić information content (AvgIpc) is 2.91. The summed E-state index contributed by atoms with van der Waals surface area (Å²) in [7, 11) is 0. The first-order chi connectivity index (χ1) is 12.9. The second-order valence-corrected chi connectivity index (χ2v) is 9.21. The highest BCUT2D eigenvalue weighted by molar-refractivity contribution is 5.78. The van der Waals surface area contributed by atoms with Gasteiger partial charge in [0.15, 0.2) is 0 Å². The molecule has 4 rings (SSSR count). The number of fused-ring (bicyclic) bond motifs is 2. The molecule has 0 N–H and O–H groups in total. The molecule has 0 spiro atoms. The fourth-order valence-electron chi connectivity index (χ4n) is 5.48. The monoisotopic (exact) mass is 370 g/mol. The van der Waals surface area contributed by atoms with Crippen LogP contribution in [0.3, 0.4) is 0 Å². The topological polar surface area (TPSA) is 49.3 Å². The molecule has 1 aromatic rings. The molecular weight excluding hydrogens is 336 g/mol. The lowest BCUT2D eigenvalue weighted by Gasteiger charge is -2.43. The molecule has 5 heteroatoms. The van der Waals surface area contributed by atoms with Gasteiger partial charge in [0.25, 0.3) is 0 Å². The summed E-state index contributed by atoms with van der Waals surface area (Å²) in [4.78, 5) is 26.5. The molecule has 3 heterocycles. The van der Waals surface area contributed by atoms with Crippen LogP contribution in [0.25, 0.3) is 0 Å². The number of ketones is 1. The molecule has 0 aromatic carbocycles. The zero-order valence-corrected chi connectivity index (χ0v) is 17.3. The highest BCUT2D eigenvalue weighted by Crippen LogP contribution is 2.38. The molecule has 3 fully saturated rings. The number of piperazine rings is 1. The third-order valence-electron chi connectivity index (χ3n) is 7.22. The van der Waals surface area contributed by atoms with Gasteiger partial charge >= 0.3 is 0 Å². The molecule has 1 aliphatic carbocycles. The first-order valence-corrected chi connectivity index (χ1v) is 10.8. The van der Waals surface area contributed by atoms with E-state index in [1.165, 1.54) is 18.4 Å². The van der Waals surface area contributed by atoms with E-state index in [1.54, 1.807) is 6.92 Å². The van der Waals surface area contributed by atoms with Crippen LogP contribution in [0.2, 0.25) is 0 Å². The predicted molar refractivity (Wildman–Crippen MR) is 108 cm³/mol. The molecule has 3 aliphatic rings. The van der Waals surface area contributed by atoms with Crippen molar-refractivity contribution < 1.29 is 4.79 Å². The van der Waals surface area contributed by atoms with Crippen LogP contribution in [0.15, 0.2) is 6.20 Å². The summed E-state index contributed by atoms with van der Waals surface area (Å²) in [6.07, 6.45) is 8.81. The summed E-state index contributed by atoms with van der Waals surface area (Å²) in [5, 5.41) is 0. The Hall–Kier alpha value is -1.49. The van der Waals surface area contributed by atoms with Crippen molar-refractivity contribution in [2.24, 2.45) is 5.92 Å². The van der Waals surface area contributed by atoms with Crippen LogP contribution >= 0.6 is 0 Å². The van der Waals surface area contributed by atoms with Gasteiger partial charge in [0, 0.05) is 49.0 Å². The number of aromatic nitrogens is 2. The minimum absolute atomic E-state index is 0.273. The molecule has 2 atom stereocenters. The van der Waals surface area contributed by atoms with Gasteiger partial charge in [0.2, 0.25) is 5.95 Å². The third-order valence-corrected chi connectivity index (χ3v) is 7.22. The summed E-state index contributed by atoms with van der Waals surface area (Å²) in [5.41, 5.74) is 2.44. The number of carbonyl (C=O) groups is 1. The van der Waals surface area contributed by atoms with Crippen molar-refractivity contribution in [1.82, 2.24) is 14.9 Å². The molecule has 0 radical (unpaired) electrons. The van der Waals surface area contributed by atoms with Crippen molar-refractivity contribution in [3.8, 4) is 0 Å². The lowest BCUT2D eigenvalue weighted by atomic mass is 9.77. The molecule has 5 nitrogen and oxygen atoms in total. The van der Waals surface area contributed by atoms with E-state index in [2.05, 4.69) is 36.8 Å². The van der Waals surface area contributed by atoms with Crippen LogP contribution in [0.5, 0.6) is 0 Å². The number of carbonyl (C=O) groups excluding carboxylic acids is 1. The van der Waals surface area contributed by atoms with Crippen molar-refractivity contribution in [2.45, 2.75) is 90.3 Å². The minimum Gasteiger partial charge on any atom is -0.332 e. The molecule has 27 heavy (non-hydrogen) atoms. The average molecular weight is 371 g/mol. The van der Waals surface area contributed by atoms with Gasteiger partial charge in [-0.2, -0.15) is 0 Å². The summed E-state index contributed by atoms with van der Waals surface area (Å²) < 4.78 is 0. The highest BCUT2D eigenvalue weighted by Gasteiger charge is 2.42. The predicted octanol–water partition coefficient (Wildman–Crippen LogP) is 3.71. The van der Waals surface area contributed by atoms with Gasteiger partial charge in [0.05, 0.1) is 0 Å². The standard InChI is InChI=1S/C22H34N4O/c1-14(2)25-12-19-9-10-20(13-25)26(19)22-23-11-21(15(3)24-22)18-7-5-17(6-8-18)16(4)27/h11,14,17-20H,5-10,12-13H2,1-4H3. The molecular formula is C22H34N4O. The van der Waals surface area contributed by atoms with Gasteiger partial charge in [-0.15, -0.1) is 0 Å². The van der Waals surface area contributed by atoms with Gasteiger partial charge in [-0.25, -0.2) is 9.97 Å². The van der Waals surface area contributed by atoms with Crippen molar-refractivity contribution in [2.75, 3.05) is 18.0 Å². The maximum absolute atomic E-state index is 11.6. The number of Topliss-reactive ketones (excluding diaryl/α,β-unsaturated/α-hetero) is 1. The maximum atomic E-state index is 11.6. The lowest BCUT2D eigenvalue weighted by Crippen LogP contribution is -2.56. The van der Waals surface area contributed by atoms with Gasteiger partial charge in [-0.05, 0) is 77.7 Å². The molecule has 2 bridgehead atoms. The molecule has 2 saturated heterocycles. The molecule has 148 valence electrons. The van der Waals surface area contributed by atoms with Crippen molar-refractivity contribution in [1.29, 1.82) is 0 Å². The van der Waals surface area contributed by atoms with Crippen LogP contribution in [-0.2, 0) is 4.79 Å². The SMILES string of the molecule is CC(=O)C1CCC(c2cnc(N3C4CCC3CN(C(C)C)C4)nc2C)CC1. The van der Waals surface area contributed by atoms with E-state index >= 15 is 0 Å². The first-order valence-electron chi connectivity index (χ1n) is 10.8. The Kier molecular flexibility index (Phi) is 5.23. The number of aryl methyl sites for hydroxylation is 1. The third kappa shape index (κ3) is 3.63. The Morgan fingerprint density at radius 2 is 1.70 bits per heavy atom. The molecule has 2 aliphatic heterocycles. The van der Waals surface area contributed by atoms with Crippen LogP contribution in [-0.4, -0.2) is 51.9 Å². The zero-order valence-electron chi connectivity index (χ0n) is 17.3. The second kappa shape index (κ2) is 7.50. The van der Waals surface area contributed by atoms with Crippen LogP contribution in [0.4, 0.5) is 5.95 Å². The minimum atomic E-state index is 0.273. The molecule has 0 amide bonds. The van der Waals surface area contributed by atoms with Gasteiger partial charge in [-0.3, -0.25) is 9.69 Å². The zero-order chi connectivity index (χ0) is 19.1. The van der Waals surface area contributed by atoms with E-state index in [0.717, 1.165) is 50.4 Å². The van der Waals surface area contributed by atoms with Crippen LogP contribution in [0, 0.1) is 12.8 Å². The van der Waals surface area contributed by atoms with E-state index in [0.29, 0.717) is 29.8 Å². The van der Waals surface area contributed by atoms with Crippen molar-refractivity contribution in [3.63, 3.8) is 0 Å². The molecule has 1 aromatic heterocycles. The quantitative estimate of drug-likeness (QED) is 0.809. The van der Waals surface area contributed by atoms with Gasteiger partial charge in [0.1, 0.15) is 5.78 Å². The van der Waals surface area contributed by atoms with Gasteiger partial charge < -0.3 is 4.90 Å². The van der Waals surface area contributed by atoms with Gasteiger partial charge in [-0.1, -0.05) is 0 Å². The maximum Gasteiger partial charge on any atom is 0.226 e. The fourth-order valence-corrected chi connectivity index (χ4v) is 5.48. The summed E-state index contributed by atoms with van der Waals surface area (Å²) in [5.74, 6) is 2.08. The Balaban J connectivity index is 1.48. The summed E-state index contributed by atoms with van der Waals surface area (Å²) in [6.45, 7) is 10.7. The Bertz CT molecular complexity index is 682. The number of likely N-dealkylation sites (tertiary alicyclic amines) is 1. The van der Waals surface area contributed by atoms with E-state index in [1.807, 2.05) is 0 Å². The second-order valence-electron chi connectivity index (χ2n) is 9.21. The number of rotatable bonds is 4. The van der Waals surface area contributed by atoms with E-state index in [4.69, 9.17) is 9.97 Å². The number of nitrogens with zero attached hydrogens (tertiary/aromatic N) is 4. The first kappa shape index (κ1) is 18.9. The summed E-state index contributed by atoms with van der Waals surface area (Å²) >= 11 is 0. The number of hydrogen-bond acceptors (Lipinski definition) is 5. The molecule has 2 unspecified atom stereocenters.